The molecule has 29 heavy (non-hydrogen) atoms. The van der Waals surface area contributed by atoms with Crippen LogP contribution in [0.25, 0.3) is 0 Å². The van der Waals surface area contributed by atoms with Crippen LogP contribution in [0, 0.1) is 0 Å². The summed E-state index contributed by atoms with van der Waals surface area (Å²) in [7, 11) is 3.85. The topological polar surface area (TPSA) is 18.5 Å². The number of hydrogen-bond donors (Lipinski definition) is 0. The molecule has 0 bridgehead atoms. The van der Waals surface area contributed by atoms with E-state index in [0.717, 1.165) is 0 Å². The van der Waals surface area contributed by atoms with Crippen LogP contribution in [0.15, 0.2) is 0 Å². The van der Waals surface area contributed by atoms with Gasteiger partial charge in [0.2, 0.25) is 0 Å². The Labute approximate surface area is 190 Å². The molecule has 0 N–H and O–H groups in total. The first-order chi connectivity index (χ1) is 14.2. The van der Waals surface area contributed by atoms with Gasteiger partial charge in [-0.05, 0) is 0 Å². The summed E-state index contributed by atoms with van der Waals surface area (Å²) in [5.41, 5.74) is 0. The summed E-state index contributed by atoms with van der Waals surface area (Å²) in [5.74, 6) is 0. The molecule has 0 radical (unpaired) electrons. The summed E-state index contributed by atoms with van der Waals surface area (Å²) in [5, 5.41) is 0. The summed E-state index contributed by atoms with van der Waals surface area (Å²) in [6, 6.07) is 0. The summed E-state index contributed by atoms with van der Waals surface area (Å²) in [6.07, 6.45) is 28.1. The van der Waals surface area contributed by atoms with Crippen LogP contribution in [0.5, 0.6) is 0 Å². The second-order valence-electron chi connectivity index (χ2n) is 9.18. The number of rotatable bonds is 24. The Bertz CT molecular complexity index is 279. The third kappa shape index (κ3) is 19.2. The van der Waals surface area contributed by atoms with Crippen LogP contribution in [0.2, 0.25) is 8.87 Å². The van der Waals surface area contributed by atoms with Gasteiger partial charge in [-0.25, -0.2) is 0 Å². The third-order valence-corrected chi connectivity index (χ3v) is 17.2. The van der Waals surface area contributed by atoms with Crippen molar-refractivity contribution in [1.82, 2.24) is 0 Å². The van der Waals surface area contributed by atoms with Crippen molar-refractivity contribution in [2.45, 2.75) is 151 Å². The van der Waals surface area contributed by atoms with E-state index in [1.807, 2.05) is 14.2 Å². The van der Waals surface area contributed by atoms with Gasteiger partial charge in [-0.3, -0.25) is 0 Å². The predicted molar refractivity (Wildman–Crippen MR) is 133 cm³/mol. The number of unbranched alkanes of at least 4 members (excludes halogenated alkanes) is 18. The van der Waals surface area contributed by atoms with Crippen molar-refractivity contribution in [3.8, 4) is 0 Å². The fraction of sp³-hybridized carbons (Fsp3) is 1.00. The molecule has 0 aromatic carbocycles. The van der Waals surface area contributed by atoms with E-state index in [0.29, 0.717) is 0 Å². The van der Waals surface area contributed by atoms with E-state index in [4.69, 9.17) is 6.15 Å². The predicted octanol–water partition coefficient (Wildman–Crippen LogP) is 9.56. The molecule has 0 unspecified atom stereocenters. The quantitative estimate of drug-likeness (QED) is 0.0934. The molecule has 0 fully saturated rings. The van der Waals surface area contributed by atoms with Gasteiger partial charge >= 0.3 is 191 Å². The van der Waals surface area contributed by atoms with Crippen molar-refractivity contribution in [3.05, 3.63) is 0 Å². The van der Waals surface area contributed by atoms with E-state index in [1.165, 1.54) is 137 Å². The van der Waals surface area contributed by atoms with Gasteiger partial charge in [-0.15, -0.1) is 0 Å². The fourth-order valence-corrected chi connectivity index (χ4v) is 12.4. The van der Waals surface area contributed by atoms with Gasteiger partial charge in [0.15, 0.2) is 0 Å². The maximum atomic E-state index is 6.04. The van der Waals surface area contributed by atoms with E-state index in [2.05, 4.69) is 13.8 Å². The molecule has 0 aromatic rings. The van der Waals surface area contributed by atoms with Gasteiger partial charge in [-0.2, -0.15) is 0 Å². The van der Waals surface area contributed by atoms with Gasteiger partial charge < -0.3 is 0 Å². The van der Waals surface area contributed by atoms with E-state index >= 15 is 0 Å². The minimum absolute atomic E-state index is 1.26. The first kappa shape index (κ1) is 29.7. The van der Waals surface area contributed by atoms with Crippen LogP contribution in [-0.2, 0) is 6.15 Å². The molecule has 0 saturated carbocycles. The Hall–Kier alpha value is 0.719. The molecule has 0 heterocycles. The van der Waals surface area contributed by atoms with Gasteiger partial charge in [-0.1, -0.05) is 0 Å². The normalized spacial score (nSPS) is 12.0. The van der Waals surface area contributed by atoms with Crippen molar-refractivity contribution in [1.29, 1.82) is 0 Å². The van der Waals surface area contributed by atoms with Crippen LogP contribution in [0.4, 0.5) is 0 Å². The molecule has 0 aliphatic heterocycles. The van der Waals surface area contributed by atoms with Crippen LogP contribution in [0.3, 0.4) is 0 Å². The van der Waals surface area contributed by atoms with E-state index in [1.54, 1.807) is 0 Å². The van der Waals surface area contributed by atoms with Crippen LogP contribution in [0.1, 0.15) is 142 Å². The van der Waals surface area contributed by atoms with Crippen molar-refractivity contribution in [2.75, 3.05) is 14.2 Å². The van der Waals surface area contributed by atoms with Crippen LogP contribution in [-0.4, -0.2) is 33.4 Å². The summed E-state index contributed by atoms with van der Waals surface area (Å²) in [6.45, 7) is 4.59. The molecule has 0 atom stereocenters. The second kappa shape index (κ2) is 23.4. The molecular formula is C26H56O2Sn. The monoisotopic (exact) mass is 520 g/mol. The van der Waals surface area contributed by atoms with E-state index in [-0.39, 0.29) is 0 Å². The van der Waals surface area contributed by atoms with Crippen molar-refractivity contribution in [3.63, 3.8) is 0 Å². The average Bonchev–Trinajstić information content (AvgIpc) is 2.75. The molecule has 0 aliphatic carbocycles. The van der Waals surface area contributed by atoms with Crippen LogP contribution < -0.4 is 0 Å². The zero-order chi connectivity index (χ0) is 21.5. The molecular weight excluding hydrogens is 463 g/mol. The van der Waals surface area contributed by atoms with Gasteiger partial charge in [0.1, 0.15) is 0 Å². The van der Waals surface area contributed by atoms with Gasteiger partial charge in [0.05, 0.1) is 0 Å². The standard InChI is InChI=1S/2C12H25.2CH3O.Sn/c2*1-3-5-7-9-11-12-10-8-6-4-2;2*1-2;/h2*1,3-12H2,2H3;2*1H3;/q;;2*-1;+2. The van der Waals surface area contributed by atoms with E-state index in [9.17, 15) is 0 Å². The molecule has 3 heteroatoms. The molecule has 0 rings (SSSR count). The molecule has 0 aromatic heterocycles. The SMILES string of the molecule is CCCCCCCCCCC[CH2][Sn]([CH2]CCCCCCCCCCC)([O]C)[O]C. The molecule has 0 spiro atoms. The minimum atomic E-state index is -2.74. The summed E-state index contributed by atoms with van der Waals surface area (Å²) < 4.78 is 14.6. The fourth-order valence-electron chi connectivity index (χ4n) is 4.38. The first-order valence-electron chi connectivity index (χ1n) is 13.3. The Morgan fingerprint density at radius 3 is 0.862 bits per heavy atom. The van der Waals surface area contributed by atoms with Crippen molar-refractivity contribution in [2.24, 2.45) is 0 Å². The Morgan fingerprint density at radius 1 is 0.379 bits per heavy atom. The Morgan fingerprint density at radius 2 is 0.621 bits per heavy atom. The maximum absolute atomic E-state index is 6.04. The second-order valence-corrected chi connectivity index (χ2v) is 19.6. The zero-order valence-corrected chi connectivity index (χ0v) is 23.7. The zero-order valence-electron chi connectivity index (χ0n) is 20.9. The molecule has 2 nitrogen and oxygen atoms in total. The van der Waals surface area contributed by atoms with Crippen LogP contribution >= 0.6 is 0 Å². The van der Waals surface area contributed by atoms with E-state index < -0.39 is 19.2 Å². The average molecular weight is 519 g/mol. The first-order valence-corrected chi connectivity index (χ1v) is 19.7. The third-order valence-electron chi connectivity index (χ3n) is 6.57. The summed E-state index contributed by atoms with van der Waals surface area (Å²) >= 11 is -2.74. The number of hydrogen-bond acceptors (Lipinski definition) is 2. The molecule has 0 aliphatic rings. The van der Waals surface area contributed by atoms with Gasteiger partial charge in [0, 0.05) is 0 Å². The van der Waals surface area contributed by atoms with Crippen molar-refractivity contribution < 1.29 is 6.15 Å². The Kier molecular flexibility index (Phi) is 24.0. The molecule has 176 valence electrons. The molecule has 0 amide bonds. The van der Waals surface area contributed by atoms with Crippen molar-refractivity contribution >= 4 is 19.2 Å². The summed E-state index contributed by atoms with van der Waals surface area (Å²) in [4.78, 5) is 0. The van der Waals surface area contributed by atoms with Gasteiger partial charge in [0.25, 0.3) is 0 Å². The Balaban J connectivity index is 3.64. The molecule has 0 saturated heterocycles.